The van der Waals surface area contributed by atoms with Gasteiger partial charge in [-0.25, -0.2) is 4.79 Å². The van der Waals surface area contributed by atoms with Crippen LogP contribution in [0.2, 0.25) is 0 Å². The quantitative estimate of drug-likeness (QED) is 0.322. The molecule has 0 atom stereocenters. The van der Waals surface area contributed by atoms with Gasteiger partial charge in [-0.3, -0.25) is 4.79 Å². The van der Waals surface area contributed by atoms with E-state index in [9.17, 15) is 9.59 Å². The second-order valence-corrected chi connectivity index (χ2v) is 6.86. The Morgan fingerprint density at radius 1 is 1.07 bits per heavy atom. The fraction of sp³-hybridized carbons (Fsp3) is 0.250. The van der Waals surface area contributed by atoms with Crippen molar-refractivity contribution in [2.45, 2.75) is 30.6 Å². The number of oxime groups is 1. The van der Waals surface area contributed by atoms with Gasteiger partial charge in [0.05, 0.1) is 6.61 Å². The molecule has 0 radical (unpaired) electrons. The fourth-order valence-corrected chi connectivity index (χ4v) is 3.14. The lowest BCUT2D eigenvalue weighted by Crippen LogP contribution is -2.13. The van der Waals surface area contributed by atoms with E-state index in [0.717, 1.165) is 15.4 Å². The number of carbonyl (C=O) groups is 2. The van der Waals surface area contributed by atoms with Crippen molar-refractivity contribution in [2.24, 2.45) is 5.16 Å². The molecule has 0 spiro atoms. The van der Waals surface area contributed by atoms with E-state index in [4.69, 9.17) is 9.84 Å². The highest BCUT2D eigenvalue weighted by Crippen LogP contribution is 2.30. The average Bonchev–Trinajstić information content (AvgIpc) is 2.65. The first-order valence-corrected chi connectivity index (χ1v) is 9.11. The summed E-state index contributed by atoms with van der Waals surface area (Å²) in [5.41, 5.74) is 1.44. The van der Waals surface area contributed by atoms with Gasteiger partial charge in [-0.05, 0) is 61.9 Å². The number of aryl methyl sites for hydroxylation is 1. The SMILES string of the molecule is CC(=O)O/N=C(\C)C(=O)c1ccc(Sc2ccc(OCCO)cc2)cc1C. The molecule has 0 aliphatic rings. The standard InChI is InChI=1S/C20H21NO5S/c1-13-12-18(27-17-6-4-16(5-7-17)25-11-10-22)8-9-19(13)20(24)14(2)21-26-15(3)23/h4-9,12,22H,10-11H2,1-3H3/b21-14+. The molecule has 6 nitrogen and oxygen atoms in total. The van der Waals surface area contributed by atoms with E-state index in [1.165, 1.54) is 13.8 Å². The molecule has 0 aliphatic heterocycles. The molecule has 0 amide bonds. The summed E-state index contributed by atoms with van der Waals surface area (Å²) in [5, 5.41) is 12.3. The molecule has 27 heavy (non-hydrogen) atoms. The third-order valence-electron chi connectivity index (χ3n) is 3.50. The lowest BCUT2D eigenvalue weighted by atomic mass is 10.0. The van der Waals surface area contributed by atoms with Crippen LogP contribution in [0.1, 0.15) is 29.8 Å². The molecule has 142 valence electrons. The maximum absolute atomic E-state index is 12.4. The van der Waals surface area contributed by atoms with Crippen LogP contribution in [0, 0.1) is 6.92 Å². The van der Waals surface area contributed by atoms with Crippen LogP contribution in [-0.4, -0.2) is 35.8 Å². The van der Waals surface area contributed by atoms with E-state index in [2.05, 4.69) is 9.99 Å². The highest BCUT2D eigenvalue weighted by atomic mass is 32.2. The van der Waals surface area contributed by atoms with E-state index >= 15 is 0 Å². The van der Waals surface area contributed by atoms with Crippen LogP contribution in [0.4, 0.5) is 0 Å². The van der Waals surface area contributed by atoms with Crippen LogP contribution in [0.5, 0.6) is 5.75 Å². The predicted molar refractivity (Wildman–Crippen MR) is 104 cm³/mol. The van der Waals surface area contributed by atoms with Gasteiger partial charge in [-0.2, -0.15) is 0 Å². The van der Waals surface area contributed by atoms with E-state index in [0.29, 0.717) is 11.3 Å². The highest BCUT2D eigenvalue weighted by Gasteiger charge is 2.14. The summed E-state index contributed by atoms with van der Waals surface area (Å²) in [6, 6.07) is 13.1. The molecule has 2 aromatic rings. The molecule has 0 bridgehead atoms. The number of Topliss-reactive ketones (excluding diaryl/α,β-unsaturated/α-hetero) is 1. The molecule has 0 saturated carbocycles. The van der Waals surface area contributed by atoms with Crippen LogP contribution < -0.4 is 4.74 Å². The van der Waals surface area contributed by atoms with E-state index < -0.39 is 5.97 Å². The predicted octanol–water partition coefficient (Wildman–Crippen LogP) is 3.64. The number of aliphatic hydroxyl groups is 1. The second kappa shape index (κ2) is 9.89. The first kappa shape index (κ1) is 20.7. The first-order valence-electron chi connectivity index (χ1n) is 8.30. The van der Waals surface area contributed by atoms with Crippen LogP contribution in [0.15, 0.2) is 57.4 Å². The Bertz CT molecular complexity index is 846. The molecular weight excluding hydrogens is 366 g/mol. The van der Waals surface area contributed by atoms with Crippen LogP contribution in [0.25, 0.3) is 0 Å². The summed E-state index contributed by atoms with van der Waals surface area (Å²) in [4.78, 5) is 29.8. The van der Waals surface area contributed by atoms with E-state index in [1.54, 1.807) is 17.8 Å². The number of rotatable bonds is 8. The van der Waals surface area contributed by atoms with Gasteiger partial charge in [0.15, 0.2) is 0 Å². The smallest absolute Gasteiger partial charge is 0.331 e. The van der Waals surface area contributed by atoms with Gasteiger partial charge in [0.2, 0.25) is 5.78 Å². The Hall–Kier alpha value is -2.64. The molecule has 7 heteroatoms. The molecule has 1 N–H and O–H groups in total. The van der Waals surface area contributed by atoms with Crippen LogP contribution >= 0.6 is 11.8 Å². The Labute approximate surface area is 162 Å². The average molecular weight is 387 g/mol. The fourth-order valence-electron chi connectivity index (χ4n) is 2.23. The Morgan fingerprint density at radius 2 is 1.74 bits per heavy atom. The van der Waals surface area contributed by atoms with Gasteiger partial charge >= 0.3 is 5.97 Å². The van der Waals surface area contributed by atoms with Crippen molar-refractivity contribution in [1.82, 2.24) is 0 Å². The maximum atomic E-state index is 12.4. The molecular formula is C20H21NO5S. The number of hydrogen-bond acceptors (Lipinski definition) is 7. The zero-order chi connectivity index (χ0) is 19.8. The minimum Gasteiger partial charge on any atom is -0.491 e. The number of aliphatic hydroxyl groups excluding tert-OH is 1. The third kappa shape index (κ3) is 6.23. The minimum atomic E-state index is -0.571. The number of ketones is 1. The maximum Gasteiger partial charge on any atom is 0.331 e. The van der Waals surface area contributed by atoms with Gasteiger partial charge in [-0.15, -0.1) is 0 Å². The molecule has 2 aromatic carbocycles. The number of hydrogen-bond donors (Lipinski definition) is 1. The molecule has 0 aromatic heterocycles. The molecule has 0 aliphatic carbocycles. The summed E-state index contributed by atoms with van der Waals surface area (Å²) in [6.07, 6.45) is 0. The van der Waals surface area contributed by atoms with Crippen molar-refractivity contribution < 1.29 is 24.3 Å². The topological polar surface area (TPSA) is 85.2 Å². The molecule has 0 saturated heterocycles. The van der Waals surface area contributed by atoms with Crippen molar-refractivity contribution in [3.8, 4) is 5.75 Å². The monoisotopic (exact) mass is 387 g/mol. The lowest BCUT2D eigenvalue weighted by molar-refractivity contribution is -0.140. The van der Waals surface area contributed by atoms with Gasteiger partial charge in [-0.1, -0.05) is 16.9 Å². The molecule has 2 rings (SSSR count). The summed E-state index contributed by atoms with van der Waals surface area (Å²) < 4.78 is 5.34. The Kier molecular flexibility index (Phi) is 7.57. The van der Waals surface area contributed by atoms with Crippen molar-refractivity contribution in [3.05, 3.63) is 53.6 Å². The van der Waals surface area contributed by atoms with E-state index in [1.807, 2.05) is 43.3 Å². The Balaban J connectivity index is 2.08. The molecule has 0 heterocycles. The number of ether oxygens (including phenoxy) is 1. The lowest BCUT2D eigenvalue weighted by Gasteiger charge is -2.08. The molecule has 0 unspecified atom stereocenters. The molecule has 0 fully saturated rings. The van der Waals surface area contributed by atoms with Crippen molar-refractivity contribution >= 4 is 29.2 Å². The highest BCUT2D eigenvalue weighted by molar-refractivity contribution is 7.99. The first-order chi connectivity index (χ1) is 12.9. The number of nitrogens with zero attached hydrogens (tertiary/aromatic N) is 1. The summed E-state index contributed by atoms with van der Waals surface area (Å²) in [7, 11) is 0. The largest absolute Gasteiger partial charge is 0.491 e. The van der Waals surface area contributed by atoms with Gasteiger partial charge in [0, 0.05) is 22.3 Å². The zero-order valence-electron chi connectivity index (χ0n) is 15.4. The van der Waals surface area contributed by atoms with Crippen LogP contribution in [0.3, 0.4) is 0 Å². The summed E-state index contributed by atoms with van der Waals surface area (Å²) in [6.45, 7) is 4.83. The van der Waals surface area contributed by atoms with Crippen molar-refractivity contribution in [3.63, 3.8) is 0 Å². The summed E-state index contributed by atoms with van der Waals surface area (Å²) in [5.74, 6) is -0.151. The zero-order valence-corrected chi connectivity index (χ0v) is 16.2. The van der Waals surface area contributed by atoms with E-state index in [-0.39, 0.29) is 24.7 Å². The minimum absolute atomic E-state index is 0.0219. The summed E-state index contributed by atoms with van der Waals surface area (Å²) >= 11 is 1.56. The number of carbonyl (C=O) groups excluding carboxylic acids is 2. The van der Waals surface area contributed by atoms with Crippen molar-refractivity contribution in [1.29, 1.82) is 0 Å². The number of benzene rings is 2. The third-order valence-corrected chi connectivity index (χ3v) is 4.50. The van der Waals surface area contributed by atoms with Gasteiger partial charge in [0.25, 0.3) is 0 Å². The van der Waals surface area contributed by atoms with Crippen LogP contribution in [-0.2, 0) is 9.63 Å². The van der Waals surface area contributed by atoms with Gasteiger partial charge < -0.3 is 14.7 Å². The second-order valence-electron chi connectivity index (χ2n) is 5.71. The van der Waals surface area contributed by atoms with Crippen molar-refractivity contribution in [2.75, 3.05) is 13.2 Å². The normalized spacial score (nSPS) is 11.2. The Morgan fingerprint density at radius 3 is 2.33 bits per heavy atom. The van der Waals surface area contributed by atoms with Gasteiger partial charge in [0.1, 0.15) is 18.1 Å².